The maximum absolute atomic E-state index is 11.6. The topological polar surface area (TPSA) is 49.4 Å². The number of nitrogens with one attached hydrogen (secondary N) is 1. The van der Waals surface area contributed by atoms with Gasteiger partial charge < -0.3 is 0 Å². The third kappa shape index (κ3) is 4.94. The normalized spacial score (nSPS) is 20.0. The zero-order chi connectivity index (χ0) is 12.9. The first-order chi connectivity index (χ1) is 7.96. The van der Waals surface area contributed by atoms with Crippen LogP contribution in [0.5, 0.6) is 0 Å². The van der Waals surface area contributed by atoms with Crippen LogP contribution in [-0.2, 0) is 10.0 Å². The highest BCUT2D eigenvalue weighted by molar-refractivity contribution is 7.89. The maximum atomic E-state index is 11.6. The molecule has 1 aliphatic heterocycles. The van der Waals surface area contributed by atoms with Crippen LogP contribution >= 0.6 is 0 Å². The lowest BCUT2D eigenvalue weighted by Crippen LogP contribution is -2.46. The van der Waals surface area contributed by atoms with Gasteiger partial charge in [-0.1, -0.05) is 20.8 Å². The summed E-state index contributed by atoms with van der Waals surface area (Å²) in [6.45, 7) is 8.99. The largest absolute Gasteiger partial charge is 0.299 e. The van der Waals surface area contributed by atoms with Gasteiger partial charge in [-0.3, -0.25) is 4.90 Å². The van der Waals surface area contributed by atoms with Crippen molar-refractivity contribution in [2.24, 2.45) is 5.92 Å². The van der Waals surface area contributed by atoms with Crippen molar-refractivity contribution in [3.8, 4) is 0 Å². The van der Waals surface area contributed by atoms with Gasteiger partial charge in [0.1, 0.15) is 0 Å². The molecule has 102 valence electrons. The zero-order valence-corrected chi connectivity index (χ0v) is 12.1. The summed E-state index contributed by atoms with van der Waals surface area (Å²) >= 11 is 0. The molecule has 0 aliphatic carbocycles. The van der Waals surface area contributed by atoms with Crippen molar-refractivity contribution in [2.75, 3.05) is 25.4 Å². The quantitative estimate of drug-likeness (QED) is 0.755. The number of hydrogen-bond donors (Lipinski definition) is 1. The fourth-order valence-electron chi connectivity index (χ4n) is 2.41. The molecule has 1 atom stereocenters. The van der Waals surface area contributed by atoms with Gasteiger partial charge in [-0.05, 0) is 38.3 Å². The molecule has 0 aromatic rings. The minimum absolute atomic E-state index is 0.234. The van der Waals surface area contributed by atoms with Gasteiger partial charge in [0.05, 0.1) is 5.75 Å². The van der Waals surface area contributed by atoms with Crippen LogP contribution in [0.3, 0.4) is 0 Å². The smallest absolute Gasteiger partial charge is 0.211 e. The highest BCUT2D eigenvalue weighted by atomic mass is 32.2. The summed E-state index contributed by atoms with van der Waals surface area (Å²) in [6.07, 6.45) is 3.15. The summed E-state index contributed by atoms with van der Waals surface area (Å²) in [4.78, 5) is 2.42. The van der Waals surface area contributed by atoms with Crippen molar-refractivity contribution in [2.45, 2.75) is 46.1 Å². The van der Waals surface area contributed by atoms with Crippen LogP contribution in [0.15, 0.2) is 0 Å². The predicted octanol–water partition coefficient (Wildman–Crippen LogP) is 1.44. The summed E-state index contributed by atoms with van der Waals surface area (Å²) in [5.41, 5.74) is 0. The molecule has 0 aromatic heterocycles. The van der Waals surface area contributed by atoms with Gasteiger partial charge in [0, 0.05) is 12.6 Å². The Bertz CT molecular complexity index is 308. The Labute approximate surface area is 106 Å². The van der Waals surface area contributed by atoms with Crippen LogP contribution in [0.25, 0.3) is 0 Å². The van der Waals surface area contributed by atoms with Crippen LogP contribution in [0.4, 0.5) is 0 Å². The Balaban J connectivity index is 2.50. The van der Waals surface area contributed by atoms with Crippen LogP contribution in [0, 0.1) is 5.92 Å². The second-order valence-corrected chi connectivity index (χ2v) is 7.15. The molecule has 0 radical (unpaired) electrons. The van der Waals surface area contributed by atoms with E-state index >= 15 is 0 Å². The summed E-state index contributed by atoms with van der Waals surface area (Å²) in [6, 6.07) is 0.337. The Morgan fingerprint density at radius 2 is 1.82 bits per heavy atom. The van der Waals surface area contributed by atoms with Crippen LogP contribution in [0.2, 0.25) is 0 Å². The average molecular weight is 262 g/mol. The number of likely N-dealkylation sites (tertiary alicyclic amines) is 1. The molecule has 5 heteroatoms. The second kappa shape index (κ2) is 6.71. The summed E-state index contributed by atoms with van der Waals surface area (Å²) in [7, 11) is -3.07. The highest BCUT2D eigenvalue weighted by Crippen LogP contribution is 2.17. The Hall–Kier alpha value is -0.130. The first kappa shape index (κ1) is 14.9. The van der Waals surface area contributed by atoms with Gasteiger partial charge >= 0.3 is 0 Å². The van der Waals surface area contributed by atoms with Crippen molar-refractivity contribution in [1.29, 1.82) is 0 Å². The van der Waals surface area contributed by atoms with Crippen molar-refractivity contribution < 1.29 is 8.42 Å². The zero-order valence-electron chi connectivity index (χ0n) is 11.3. The molecule has 4 nitrogen and oxygen atoms in total. The number of rotatable bonds is 7. The van der Waals surface area contributed by atoms with Gasteiger partial charge in [0.15, 0.2) is 0 Å². The lowest BCUT2D eigenvalue weighted by atomic mass is 10.0. The molecule has 0 spiro atoms. The van der Waals surface area contributed by atoms with Crippen molar-refractivity contribution >= 4 is 10.0 Å². The molecule has 1 heterocycles. The van der Waals surface area contributed by atoms with Crippen molar-refractivity contribution in [1.82, 2.24) is 9.62 Å². The average Bonchev–Trinajstić information content (AvgIpc) is 2.70. The van der Waals surface area contributed by atoms with Gasteiger partial charge in [-0.15, -0.1) is 0 Å². The van der Waals surface area contributed by atoms with E-state index in [4.69, 9.17) is 0 Å². The van der Waals surface area contributed by atoms with Gasteiger partial charge in [-0.25, -0.2) is 13.1 Å². The molecular weight excluding hydrogens is 236 g/mol. The highest BCUT2D eigenvalue weighted by Gasteiger charge is 2.25. The van der Waals surface area contributed by atoms with E-state index in [-0.39, 0.29) is 5.75 Å². The van der Waals surface area contributed by atoms with E-state index < -0.39 is 10.0 Å². The van der Waals surface area contributed by atoms with Crippen molar-refractivity contribution in [3.05, 3.63) is 0 Å². The van der Waals surface area contributed by atoms with Gasteiger partial charge in [0.2, 0.25) is 10.0 Å². The minimum Gasteiger partial charge on any atom is -0.299 e. The molecule has 1 rings (SSSR count). The first-order valence-electron chi connectivity index (χ1n) is 6.67. The van der Waals surface area contributed by atoms with Crippen molar-refractivity contribution in [3.63, 3.8) is 0 Å². The molecular formula is C12H26N2O2S. The third-order valence-corrected chi connectivity index (χ3v) is 4.92. The standard InChI is InChI=1S/C12H26N2O2S/c1-4-9-17(15,16)13-10-12(11(2)3)14-7-5-6-8-14/h11-13H,4-10H2,1-3H3. The number of nitrogens with zero attached hydrogens (tertiary/aromatic N) is 1. The summed E-state index contributed by atoms with van der Waals surface area (Å²) in [5.74, 6) is 0.718. The molecule has 0 amide bonds. The Morgan fingerprint density at radius 1 is 1.24 bits per heavy atom. The third-order valence-electron chi connectivity index (χ3n) is 3.36. The molecule has 1 N–H and O–H groups in total. The van der Waals surface area contributed by atoms with E-state index in [2.05, 4.69) is 23.5 Å². The Kier molecular flexibility index (Phi) is 5.89. The van der Waals surface area contributed by atoms with E-state index in [0.717, 1.165) is 13.1 Å². The van der Waals surface area contributed by atoms with Gasteiger partial charge in [0.25, 0.3) is 0 Å². The predicted molar refractivity (Wildman–Crippen MR) is 71.5 cm³/mol. The maximum Gasteiger partial charge on any atom is 0.211 e. The van der Waals surface area contributed by atoms with E-state index in [9.17, 15) is 8.42 Å². The second-order valence-electron chi connectivity index (χ2n) is 5.22. The van der Waals surface area contributed by atoms with Crippen LogP contribution in [-0.4, -0.2) is 44.7 Å². The lowest BCUT2D eigenvalue weighted by Gasteiger charge is -2.30. The molecule has 0 aromatic carbocycles. The van der Waals surface area contributed by atoms with E-state index in [1.807, 2.05) is 6.92 Å². The fraction of sp³-hybridized carbons (Fsp3) is 1.00. The molecule has 1 unspecified atom stereocenters. The molecule has 1 aliphatic rings. The fourth-order valence-corrected chi connectivity index (χ4v) is 3.52. The SMILES string of the molecule is CCCS(=O)(=O)NCC(C(C)C)N1CCCC1. The lowest BCUT2D eigenvalue weighted by molar-refractivity contribution is 0.193. The summed E-state index contributed by atoms with van der Waals surface area (Å²) < 4.78 is 26.0. The number of sulfonamides is 1. The molecule has 0 bridgehead atoms. The van der Waals surface area contributed by atoms with Crippen LogP contribution in [0.1, 0.15) is 40.0 Å². The monoisotopic (exact) mass is 262 g/mol. The van der Waals surface area contributed by atoms with Gasteiger partial charge in [-0.2, -0.15) is 0 Å². The molecule has 1 fully saturated rings. The molecule has 1 saturated heterocycles. The Morgan fingerprint density at radius 3 is 2.29 bits per heavy atom. The van der Waals surface area contributed by atoms with E-state index in [1.54, 1.807) is 0 Å². The molecule has 17 heavy (non-hydrogen) atoms. The van der Waals surface area contributed by atoms with E-state index in [0.29, 0.717) is 24.9 Å². The first-order valence-corrected chi connectivity index (χ1v) is 8.33. The van der Waals surface area contributed by atoms with E-state index in [1.165, 1.54) is 12.8 Å². The van der Waals surface area contributed by atoms with Crippen LogP contribution < -0.4 is 4.72 Å². The molecule has 0 saturated carbocycles. The minimum atomic E-state index is -3.07. The number of hydrogen-bond acceptors (Lipinski definition) is 3. The summed E-state index contributed by atoms with van der Waals surface area (Å²) in [5, 5.41) is 0.